The van der Waals surface area contributed by atoms with Crippen molar-refractivity contribution < 1.29 is 14.3 Å². The molecule has 178 valence electrons. The number of ether oxygens (including phenoxy) is 2. The van der Waals surface area contributed by atoms with Gasteiger partial charge in [-0.1, -0.05) is 49.4 Å². The lowest BCUT2D eigenvalue weighted by Crippen LogP contribution is -2.28. The van der Waals surface area contributed by atoms with Crippen molar-refractivity contribution in [3.05, 3.63) is 71.3 Å². The highest BCUT2D eigenvalue weighted by Crippen LogP contribution is 2.39. The van der Waals surface area contributed by atoms with E-state index in [1.807, 2.05) is 19.1 Å². The minimum atomic E-state index is -0.181. The van der Waals surface area contributed by atoms with Crippen molar-refractivity contribution in [2.75, 3.05) is 6.61 Å². The Hall–Kier alpha value is -2.13. The Kier molecular flexibility index (Phi) is 8.61. The zero-order valence-electron chi connectivity index (χ0n) is 20.4. The second-order valence-corrected chi connectivity index (χ2v) is 10.1. The van der Waals surface area contributed by atoms with Gasteiger partial charge in [-0.3, -0.25) is 0 Å². The summed E-state index contributed by atoms with van der Waals surface area (Å²) in [6, 6.07) is 19.1. The van der Waals surface area contributed by atoms with Gasteiger partial charge in [0.2, 0.25) is 0 Å². The lowest BCUT2D eigenvalue weighted by molar-refractivity contribution is -0.0163. The predicted octanol–water partition coefficient (Wildman–Crippen LogP) is 7.66. The van der Waals surface area contributed by atoms with E-state index < -0.39 is 0 Å². The summed E-state index contributed by atoms with van der Waals surface area (Å²) in [6.07, 6.45) is 10.5. The van der Waals surface area contributed by atoms with Crippen molar-refractivity contribution in [3.8, 4) is 0 Å². The molecule has 2 aromatic carbocycles. The summed E-state index contributed by atoms with van der Waals surface area (Å²) in [5.74, 6) is 1.89. The first-order valence-corrected chi connectivity index (χ1v) is 13.1. The number of hydrogen-bond donors (Lipinski definition) is 0. The maximum atomic E-state index is 12.6. The lowest BCUT2D eigenvalue weighted by atomic mass is 9.75. The van der Waals surface area contributed by atoms with E-state index >= 15 is 0 Å². The highest BCUT2D eigenvalue weighted by Gasteiger charge is 2.26. The van der Waals surface area contributed by atoms with E-state index in [1.165, 1.54) is 43.2 Å². The van der Waals surface area contributed by atoms with Crippen LogP contribution in [0, 0.1) is 5.92 Å². The molecule has 2 saturated carbocycles. The van der Waals surface area contributed by atoms with Crippen LogP contribution in [0.5, 0.6) is 0 Å². The van der Waals surface area contributed by atoms with Crippen molar-refractivity contribution in [1.29, 1.82) is 0 Å². The minimum Gasteiger partial charge on any atom is -0.459 e. The minimum absolute atomic E-state index is 0.0300. The van der Waals surface area contributed by atoms with Gasteiger partial charge in [-0.15, -0.1) is 0 Å². The van der Waals surface area contributed by atoms with Gasteiger partial charge in [-0.05, 0) is 106 Å². The Labute approximate surface area is 199 Å². The van der Waals surface area contributed by atoms with Crippen LogP contribution in [0.3, 0.4) is 0 Å². The number of carbonyl (C=O) groups excluding carboxylic acids is 1. The fourth-order valence-electron chi connectivity index (χ4n) is 5.81. The average molecular weight is 449 g/mol. The van der Waals surface area contributed by atoms with E-state index in [9.17, 15) is 4.79 Å². The van der Waals surface area contributed by atoms with Crippen LogP contribution < -0.4 is 0 Å². The highest BCUT2D eigenvalue weighted by atomic mass is 16.5. The summed E-state index contributed by atoms with van der Waals surface area (Å²) in [7, 11) is 0. The van der Waals surface area contributed by atoms with E-state index in [0.717, 1.165) is 38.2 Å². The molecule has 0 N–H and O–H groups in total. The summed E-state index contributed by atoms with van der Waals surface area (Å²) >= 11 is 0. The van der Waals surface area contributed by atoms with E-state index in [-0.39, 0.29) is 12.1 Å². The number of rotatable bonds is 8. The zero-order valence-corrected chi connectivity index (χ0v) is 20.4. The SMILES string of the molecule is CCOC1CCC(OC(=O)c2ccc(C3CCC(C[C@@H](C)c4ccccc4)CC3)cc2)CC1. The molecule has 3 nitrogen and oxygen atoms in total. The third-order valence-electron chi connectivity index (χ3n) is 7.82. The number of benzene rings is 2. The smallest absolute Gasteiger partial charge is 0.338 e. The molecule has 0 unspecified atom stereocenters. The summed E-state index contributed by atoms with van der Waals surface area (Å²) in [6.45, 7) is 5.16. The number of esters is 1. The predicted molar refractivity (Wildman–Crippen MR) is 134 cm³/mol. The standard InChI is InChI=1S/C30H40O3/c1-3-32-28-17-19-29(20-18-28)33-30(31)27-15-13-26(14-16-27)25-11-9-23(10-12-25)21-22(2)24-7-5-4-6-8-24/h4-8,13-16,22-23,25,28-29H,3,9-12,17-21H2,1-2H3/t22-,23?,25?,28?,29?/m1/s1. The Morgan fingerprint density at radius 3 is 2.12 bits per heavy atom. The second kappa shape index (κ2) is 11.8. The van der Waals surface area contributed by atoms with Crippen LogP contribution in [-0.4, -0.2) is 24.8 Å². The monoisotopic (exact) mass is 448 g/mol. The third kappa shape index (κ3) is 6.69. The van der Waals surface area contributed by atoms with Gasteiger partial charge >= 0.3 is 5.97 Å². The Morgan fingerprint density at radius 2 is 1.48 bits per heavy atom. The molecule has 0 aliphatic heterocycles. The van der Waals surface area contributed by atoms with Crippen LogP contribution in [0.2, 0.25) is 0 Å². The molecule has 2 aliphatic rings. The topological polar surface area (TPSA) is 35.5 Å². The van der Waals surface area contributed by atoms with Gasteiger partial charge in [0.25, 0.3) is 0 Å². The first-order valence-electron chi connectivity index (χ1n) is 13.1. The second-order valence-electron chi connectivity index (χ2n) is 10.1. The van der Waals surface area contributed by atoms with E-state index in [0.29, 0.717) is 23.5 Å². The van der Waals surface area contributed by atoms with Gasteiger partial charge in [0.15, 0.2) is 0 Å². The van der Waals surface area contributed by atoms with Gasteiger partial charge in [-0.2, -0.15) is 0 Å². The molecule has 4 rings (SSSR count). The van der Waals surface area contributed by atoms with Gasteiger partial charge < -0.3 is 9.47 Å². The maximum Gasteiger partial charge on any atom is 0.338 e. The van der Waals surface area contributed by atoms with E-state index in [2.05, 4.69) is 49.4 Å². The fourth-order valence-corrected chi connectivity index (χ4v) is 5.81. The lowest BCUT2D eigenvalue weighted by Gasteiger charge is -2.30. The number of hydrogen-bond acceptors (Lipinski definition) is 3. The van der Waals surface area contributed by atoms with Crippen molar-refractivity contribution >= 4 is 5.97 Å². The molecule has 0 heterocycles. The number of carbonyl (C=O) groups is 1. The quantitative estimate of drug-likeness (QED) is 0.389. The first-order chi connectivity index (χ1) is 16.1. The van der Waals surface area contributed by atoms with Crippen LogP contribution in [0.4, 0.5) is 0 Å². The molecule has 2 aliphatic carbocycles. The Bertz CT molecular complexity index is 844. The third-order valence-corrected chi connectivity index (χ3v) is 7.82. The normalized spacial score (nSPS) is 26.5. The molecule has 0 saturated heterocycles. The Balaban J connectivity index is 1.22. The molecule has 1 atom stereocenters. The van der Waals surface area contributed by atoms with Crippen LogP contribution in [0.15, 0.2) is 54.6 Å². The molecule has 0 aromatic heterocycles. The van der Waals surface area contributed by atoms with Crippen molar-refractivity contribution in [2.24, 2.45) is 5.92 Å². The van der Waals surface area contributed by atoms with E-state index in [4.69, 9.17) is 9.47 Å². The first kappa shape index (κ1) is 24.0. The molecule has 2 aromatic rings. The molecule has 0 spiro atoms. The van der Waals surface area contributed by atoms with Crippen molar-refractivity contribution in [3.63, 3.8) is 0 Å². The maximum absolute atomic E-state index is 12.6. The van der Waals surface area contributed by atoms with Crippen LogP contribution in [-0.2, 0) is 9.47 Å². The molecule has 3 heteroatoms. The van der Waals surface area contributed by atoms with Crippen LogP contribution in [0.1, 0.15) is 105 Å². The summed E-state index contributed by atoms with van der Waals surface area (Å²) in [4.78, 5) is 12.6. The van der Waals surface area contributed by atoms with Gasteiger partial charge in [-0.25, -0.2) is 4.79 Å². The summed E-state index contributed by atoms with van der Waals surface area (Å²) in [5, 5.41) is 0. The molecule has 0 bridgehead atoms. The summed E-state index contributed by atoms with van der Waals surface area (Å²) < 4.78 is 11.5. The van der Waals surface area contributed by atoms with Gasteiger partial charge in [0, 0.05) is 6.61 Å². The van der Waals surface area contributed by atoms with Crippen molar-refractivity contribution in [2.45, 2.75) is 95.7 Å². The highest BCUT2D eigenvalue weighted by molar-refractivity contribution is 5.89. The molecule has 2 fully saturated rings. The summed E-state index contributed by atoms with van der Waals surface area (Å²) in [5.41, 5.74) is 3.51. The molecular weight excluding hydrogens is 408 g/mol. The largest absolute Gasteiger partial charge is 0.459 e. The average Bonchev–Trinajstić information content (AvgIpc) is 2.86. The zero-order chi connectivity index (χ0) is 23.0. The van der Waals surface area contributed by atoms with Crippen LogP contribution >= 0.6 is 0 Å². The molecule has 0 amide bonds. The molecular formula is C30H40O3. The molecule has 33 heavy (non-hydrogen) atoms. The Morgan fingerprint density at radius 1 is 0.848 bits per heavy atom. The fraction of sp³-hybridized carbons (Fsp3) is 0.567. The van der Waals surface area contributed by atoms with Gasteiger partial charge in [0.1, 0.15) is 6.10 Å². The molecule has 0 radical (unpaired) electrons. The van der Waals surface area contributed by atoms with Crippen LogP contribution in [0.25, 0.3) is 0 Å². The van der Waals surface area contributed by atoms with Crippen molar-refractivity contribution in [1.82, 2.24) is 0 Å². The van der Waals surface area contributed by atoms with E-state index in [1.54, 1.807) is 0 Å². The van der Waals surface area contributed by atoms with Gasteiger partial charge in [0.05, 0.1) is 11.7 Å².